The standard InChI is InChI=1S/C17H17BrN2O/c1-11(16-7-2-3-8-19-16)20-17(21)15-10-14(15)12-5-4-6-13(18)9-12/h2-9,11,14-15H,10H2,1H3,(H,20,21)/t11-,14+,15+/m0/s1. The van der Waals surface area contributed by atoms with Crippen molar-refractivity contribution in [1.29, 1.82) is 0 Å². The molecule has 1 heterocycles. The van der Waals surface area contributed by atoms with Crippen LogP contribution in [0, 0.1) is 5.92 Å². The van der Waals surface area contributed by atoms with Crippen molar-refractivity contribution < 1.29 is 4.79 Å². The van der Waals surface area contributed by atoms with Crippen molar-refractivity contribution in [3.63, 3.8) is 0 Å². The molecule has 1 fully saturated rings. The Bertz CT molecular complexity index is 644. The first-order valence-electron chi connectivity index (χ1n) is 7.12. The van der Waals surface area contributed by atoms with Crippen molar-refractivity contribution in [3.8, 4) is 0 Å². The molecule has 1 aliphatic carbocycles. The number of carbonyl (C=O) groups excluding carboxylic acids is 1. The molecule has 21 heavy (non-hydrogen) atoms. The van der Waals surface area contributed by atoms with Crippen LogP contribution >= 0.6 is 15.9 Å². The number of nitrogens with one attached hydrogen (secondary N) is 1. The Labute approximate surface area is 132 Å². The summed E-state index contributed by atoms with van der Waals surface area (Å²) in [5.74, 6) is 0.557. The molecular weight excluding hydrogens is 328 g/mol. The molecule has 0 bridgehead atoms. The zero-order valence-corrected chi connectivity index (χ0v) is 13.4. The third kappa shape index (κ3) is 3.32. The number of amides is 1. The number of aromatic nitrogens is 1. The van der Waals surface area contributed by atoms with Gasteiger partial charge in [0, 0.05) is 16.6 Å². The highest BCUT2D eigenvalue weighted by Crippen LogP contribution is 2.48. The molecule has 3 atom stereocenters. The summed E-state index contributed by atoms with van der Waals surface area (Å²) < 4.78 is 1.06. The van der Waals surface area contributed by atoms with E-state index in [0.717, 1.165) is 16.6 Å². The summed E-state index contributed by atoms with van der Waals surface area (Å²) in [6.45, 7) is 1.97. The summed E-state index contributed by atoms with van der Waals surface area (Å²) in [6.07, 6.45) is 2.68. The molecule has 2 aromatic rings. The van der Waals surface area contributed by atoms with E-state index in [0.29, 0.717) is 5.92 Å². The Hall–Kier alpha value is -1.68. The average Bonchev–Trinajstić information content (AvgIpc) is 3.29. The number of nitrogens with zero attached hydrogens (tertiary/aromatic N) is 1. The van der Waals surface area contributed by atoms with Crippen LogP contribution in [0.5, 0.6) is 0 Å². The number of hydrogen-bond acceptors (Lipinski definition) is 2. The molecule has 0 aliphatic heterocycles. The third-order valence-corrected chi connectivity index (χ3v) is 4.39. The Morgan fingerprint density at radius 2 is 2.19 bits per heavy atom. The number of carbonyl (C=O) groups is 1. The van der Waals surface area contributed by atoms with Gasteiger partial charge >= 0.3 is 0 Å². The van der Waals surface area contributed by atoms with E-state index in [1.807, 2.05) is 37.3 Å². The van der Waals surface area contributed by atoms with Gasteiger partial charge in [0.25, 0.3) is 0 Å². The van der Waals surface area contributed by atoms with Crippen LogP contribution in [0.25, 0.3) is 0 Å². The molecule has 108 valence electrons. The van der Waals surface area contributed by atoms with Crippen molar-refractivity contribution in [2.75, 3.05) is 0 Å². The minimum absolute atomic E-state index is 0.0533. The summed E-state index contributed by atoms with van der Waals surface area (Å²) in [5, 5.41) is 3.06. The van der Waals surface area contributed by atoms with E-state index in [4.69, 9.17) is 0 Å². The molecular formula is C17H17BrN2O. The lowest BCUT2D eigenvalue weighted by Crippen LogP contribution is -2.28. The Balaban J connectivity index is 1.61. The van der Waals surface area contributed by atoms with Crippen LogP contribution in [0.2, 0.25) is 0 Å². The Kier molecular flexibility index (Phi) is 4.06. The lowest BCUT2D eigenvalue weighted by Gasteiger charge is -2.13. The van der Waals surface area contributed by atoms with Crippen molar-refractivity contribution in [2.24, 2.45) is 5.92 Å². The van der Waals surface area contributed by atoms with Crippen LogP contribution in [-0.4, -0.2) is 10.9 Å². The van der Waals surface area contributed by atoms with Gasteiger partial charge in [-0.1, -0.05) is 34.1 Å². The lowest BCUT2D eigenvalue weighted by molar-refractivity contribution is -0.123. The van der Waals surface area contributed by atoms with Gasteiger partial charge < -0.3 is 5.32 Å². The van der Waals surface area contributed by atoms with Crippen LogP contribution in [0.15, 0.2) is 53.1 Å². The summed E-state index contributed by atoms with van der Waals surface area (Å²) in [5.41, 5.74) is 2.13. The average molecular weight is 345 g/mol. The molecule has 1 saturated carbocycles. The van der Waals surface area contributed by atoms with Gasteiger partial charge in [0.2, 0.25) is 5.91 Å². The molecule has 0 spiro atoms. The predicted octanol–water partition coefficient (Wildman–Crippen LogP) is 3.83. The molecule has 0 saturated heterocycles. The summed E-state index contributed by atoms with van der Waals surface area (Å²) in [4.78, 5) is 16.6. The minimum Gasteiger partial charge on any atom is -0.348 e. The van der Waals surface area contributed by atoms with Gasteiger partial charge in [0.15, 0.2) is 0 Å². The zero-order chi connectivity index (χ0) is 14.8. The summed E-state index contributed by atoms with van der Waals surface area (Å²) in [7, 11) is 0. The monoisotopic (exact) mass is 344 g/mol. The van der Waals surface area contributed by atoms with Gasteiger partial charge in [-0.3, -0.25) is 9.78 Å². The number of benzene rings is 1. The first kappa shape index (κ1) is 14.3. The van der Waals surface area contributed by atoms with Gasteiger partial charge in [0.1, 0.15) is 0 Å². The zero-order valence-electron chi connectivity index (χ0n) is 11.8. The normalized spacial score (nSPS) is 21.6. The topological polar surface area (TPSA) is 42.0 Å². The minimum atomic E-state index is -0.0533. The molecule has 1 amide bonds. The maximum Gasteiger partial charge on any atom is 0.224 e. The van der Waals surface area contributed by atoms with E-state index in [1.165, 1.54) is 5.56 Å². The highest BCUT2D eigenvalue weighted by molar-refractivity contribution is 9.10. The lowest BCUT2D eigenvalue weighted by atomic mass is 10.1. The smallest absolute Gasteiger partial charge is 0.224 e. The number of halogens is 1. The highest BCUT2D eigenvalue weighted by Gasteiger charge is 2.44. The molecule has 1 N–H and O–H groups in total. The number of hydrogen-bond donors (Lipinski definition) is 1. The molecule has 4 heteroatoms. The molecule has 1 aromatic heterocycles. The summed E-state index contributed by atoms with van der Waals surface area (Å²) in [6, 6.07) is 13.9. The largest absolute Gasteiger partial charge is 0.348 e. The second-order valence-electron chi connectivity index (χ2n) is 5.49. The maximum absolute atomic E-state index is 12.3. The van der Waals surface area contributed by atoms with Crippen molar-refractivity contribution >= 4 is 21.8 Å². The van der Waals surface area contributed by atoms with E-state index in [-0.39, 0.29) is 17.9 Å². The van der Waals surface area contributed by atoms with Gasteiger partial charge in [0.05, 0.1) is 11.7 Å². The van der Waals surface area contributed by atoms with Crippen LogP contribution in [-0.2, 0) is 4.79 Å². The number of pyridine rings is 1. The van der Waals surface area contributed by atoms with E-state index in [9.17, 15) is 4.79 Å². The Morgan fingerprint density at radius 3 is 2.90 bits per heavy atom. The predicted molar refractivity (Wildman–Crippen MR) is 85.8 cm³/mol. The SMILES string of the molecule is C[C@H](NC(=O)[C@@H]1C[C@@H]1c1cccc(Br)c1)c1ccccn1. The van der Waals surface area contributed by atoms with Crippen molar-refractivity contribution in [3.05, 3.63) is 64.4 Å². The van der Waals surface area contributed by atoms with Gasteiger partial charge in [-0.2, -0.15) is 0 Å². The second kappa shape index (κ2) is 5.98. The molecule has 3 nitrogen and oxygen atoms in total. The molecule has 1 aliphatic rings. The van der Waals surface area contributed by atoms with Gasteiger partial charge in [-0.25, -0.2) is 0 Å². The van der Waals surface area contributed by atoms with Gasteiger partial charge in [-0.15, -0.1) is 0 Å². The molecule has 0 unspecified atom stereocenters. The molecule has 1 aromatic carbocycles. The van der Waals surface area contributed by atoms with Crippen LogP contribution in [0.4, 0.5) is 0 Å². The first-order valence-corrected chi connectivity index (χ1v) is 7.91. The second-order valence-corrected chi connectivity index (χ2v) is 6.40. The fourth-order valence-electron chi connectivity index (χ4n) is 2.62. The summed E-state index contributed by atoms with van der Waals surface area (Å²) >= 11 is 3.48. The first-order chi connectivity index (χ1) is 10.1. The highest BCUT2D eigenvalue weighted by atomic mass is 79.9. The van der Waals surface area contributed by atoms with Crippen molar-refractivity contribution in [2.45, 2.75) is 25.3 Å². The van der Waals surface area contributed by atoms with E-state index in [2.05, 4.69) is 38.4 Å². The van der Waals surface area contributed by atoms with E-state index >= 15 is 0 Å². The fourth-order valence-corrected chi connectivity index (χ4v) is 3.03. The fraction of sp³-hybridized carbons (Fsp3) is 0.294. The van der Waals surface area contributed by atoms with Gasteiger partial charge in [-0.05, 0) is 49.1 Å². The quantitative estimate of drug-likeness (QED) is 0.915. The third-order valence-electron chi connectivity index (χ3n) is 3.89. The van der Waals surface area contributed by atoms with Crippen LogP contribution in [0.1, 0.15) is 36.6 Å². The van der Waals surface area contributed by atoms with Crippen LogP contribution in [0.3, 0.4) is 0 Å². The molecule has 0 radical (unpaired) electrons. The van der Waals surface area contributed by atoms with E-state index < -0.39 is 0 Å². The maximum atomic E-state index is 12.3. The number of rotatable bonds is 4. The molecule has 3 rings (SSSR count). The van der Waals surface area contributed by atoms with Crippen LogP contribution < -0.4 is 5.32 Å². The Morgan fingerprint density at radius 1 is 1.33 bits per heavy atom. The van der Waals surface area contributed by atoms with Crippen molar-refractivity contribution in [1.82, 2.24) is 10.3 Å². The van der Waals surface area contributed by atoms with E-state index in [1.54, 1.807) is 6.20 Å².